The Hall–Kier alpha value is -0.300. The minimum Gasteiger partial charge on any atom is -0.304 e. The van der Waals surface area contributed by atoms with E-state index in [2.05, 4.69) is 60.1 Å². The second-order valence-corrected chi connectivity index (χ2v) is 7.06. The Balaban J connectivity index is 4.55. The average molecular weight is 282 g/mol. The zero-order valence-electron chi connectivity index (χ0n) is 15.2. The summed E-state index contributed by atoms with van der Waals surface area (Å²) in [6, 6.07) is 0.684. The van der Waals surface area contributed by atoms with Crippen LogP contribution in [0.2, 0.25) is 0 Å². The van der Waals surface area contributed by atoms with Crippen LogP contribution in [0.3, 0.4) is 0 Å². The maximum Gasteiger partial charge on any atom is 0.00921 e. The number of allylic oxidation sites excluding steroid dienone is 1. The highest BCUT2D eigenvalue weighted by Gasteiger charge is 2.22. The molecule has 0 fully saturated rings. The van der Waals surface area contributed by atoms with Crippen molar-refractivity contribution in [1.29, 1.82) is 0 Å². The lowest BCUT2D eigenvalue weighted by Crippen LogP contribution is -2.35. The fourth-order valence-electron chi connectivity index (χ4n) is 3.14. The Bertz CT molecular complexity index is 256. The van der Waals surface area contributed by atoms with Gasteiger partial charge < -0.3 is 4.90 Å². The van der Waals surface area contributed by atoms with Gasteiger partial charge in [0.1, 0.15) is 0 Å². The lowest BCUT2D eigenvalue weighted by molar-refractivity contribution is 0.170. The maximum absolute atomic E-state index is 4.08. The van der Waals surface area contributed by atoms with Crippen LogP contribution in [0.4, 0.5) is 0 Å². The first kappa shape index (κ1) is 19.7. The predicted molar refractivity (Wildman–Crippen MR) is 93.2 cm³/mol. The first-order valence-electron chi connectivity index (χ1n) is 8.67. The summed E-state index contributed by atoms with van der Waals surface area (Å²) in [6.07, 6.45) is 6.57. The number of rotatable bonds is 11. The Morgan fingerprint density at radius 2 is 1.55 bits per heavy atom. The molecule has 3 unspecified atom stereocenters. The van der Waals surface area contributed by atoms with Gasteiger partial charge in [0.15, 0.2) is 0 Å². The van der Waals surface area contributed by atoms with Gasteiger partial charge >= 0.3 is 0 Å². The third kappa shape index (κ3) is 7.47. The van der Waals surface area contributed by atoms with Crippen molar-refractivity contribution in [2.75, 3.05) is 13.6 Å². The van der Waals surface area contributed by atoms with Gasteiger partial charge in [-0.25, -0.2) is 0 Å². The van der Waals surface area contributed by atoms with Gasteiger partial charge in [-0.05, 0) is 70.9 Å². The lowest BCUT2D eigenvalue weighted by atomic mass is 9.82. The van der Waals surface area contributed by atoms with Crippen molar-refractivity contribution in [2.24, 2.45) is 17.8 Å². The number of hydrogen-bond donors (Lipinski definition) is 0. The van der Waals surface area contributed by atoms with Crippen molar-refractivity contribution in [1.82, 2.24) is 4.90 Å². The Morgan fingerprint density at radius 3 is 1.95 bits per heavy atom. The van der Waals surface area contributed by atoms with Crippen LogP contribution in [0.1, 0.15) is 73.6 Å². The minimum absolute atomic E-state index is 0.684. The van der Waals surface area contributed by atoms with Crippen LogP contribution in [0.5, 0.6) is 0 Å². The van der Waals surface area contributed by atoms with Gasteiger partial charge in [-0.15, -0.1) is 6.58 Å². The molecule has 0 saturated heterocycles. The molecule has 0 aliphatic rings. The molecular weight excluding hydrogens is 242 g/mol. The number of hydrogen-bond acceptors (Lipinski definition) is 1. The molecule has 0 heterocycles. The summed E-state index contributed by atoms with van der Waals surface area (Å²) < 4.78 is 0. The van der Waals surface area contributed by atoms with E-state index in [-0.39, 0.29) is 0 Å². The molecule has 1 nitrogen and oxygen atoms in total. The summed E-state index contributed by atoms with van der Waals surface area (Å²) in [5.74, 6) is 2.52. The van der Waals surface area contributed by atoms with Crippen LogP contribution in [-0.4, -0.2) is 24.5 Å². The second-order valence-electron chi connectivity index (χ2n) is 7.06. The molecule has 0 aliphatic heterocycles. The third-order valence-corrected chi connectivity index (χ3v) is 5.19. The highest BCUT2D eigenvalue weighted by molar-refractivity contribution is 4.89. The van der Waals surface area contributed by atoms with Gasteiger partial charge in [0, 0.05) is 6.04 Å². The van der Waals surface area contributed by atoms with E-state index in [9.17, 15) is 0 Å². The van der Waals surface area contributed by atoms with Gasteiger partial charge in [0.25, 0.3) is 0 Å². The van der Waals surface area contributed by atoms with Gasteiger partial charge in [-0.3, -0.25) is 0 Å². The summed E-state index contributed by atoms with van der Waals surface area (Å²) in [4.78, 5) is 2.50. The Kier molecular flexibility index (Phi) is 10.3. The largest absolute Gasteiger partial charge is 0.304 e. The summed E-state index contributed by atoms with van der Waals surface area (Å²) in [6.45, 7) is 19.1. The second kappa shape index (κ2) is 10.4. The molecule has 0 spiro atoms. The SMILES string of the molecule is C=C(C)CCC(CCC(CC)C(C)C)C(C)N(C)CC. The first-order chi connectivity index (χ1) is 9.33. The summed E-state index contributed by atoms with van der Waals surface area (Å²) >= 11 is 0. The molecule has 1 heteroatoms. The Morgan fingerprint density at radius 1 is 1.00 bits per heavy atom. The van der Waals surface area contributed by atoms with Crippen molar-refractivity contribution in [3.8, 4) is 0 Å². The van der Waals surface area contributed by atoms with Crippen molar-refractivity contribution in [2.45, 2.75) is 79.7 Å². The lowest BCUT2D eigenvalue weighted by Gasteiger charge is -2.33. The van der Waals surface area contributed by atoms with E-state index < -0.39 is 0 Å². The van der Waals surface area contributed by atoms with Crippen molar-refractivity contribution in [3.63, 3.8) is 0 Å². The van der Waals surface area contributed by atoms with E-state index in [1.54, 1.807) is 0 Å². The molecule has 0 aromatic rings. The highest BCUT2D eigenvalue weighted by atomic mass is 15.1. The molecule has 0 rings (SSSR count). The van der Waals surface area contributed by atoms with Gasteiger partial charge in [0.05, 0.1) is 0 Å². The van der Waals surface area contributed by atoms with Crippen LogP contribution in [0.25, 0.3) is 0 Å². The van der Waals surface area contributed by atoms with Crippen molar-refractivity contribution >= 4 is 0 Å². The number of nitrogens with zero attached hydrogens (tertiary/aromatic N) is 1. The molecule has 0 aromatic carbocycles. The van der Waals surface area contributed by atoms with Gasteiger partial charge in [0.2, 0.25) is 0 Å². The quantitative estimate of drug-likeness (QED) is 0.435. The molecule has 0 aliphatic carbocycles. The molecule has 20 heavy (non-hydrogen) atoms. The highest BCUT2D eigenvalue weighted by Crippen LogP contribution is 2.28. The fourth-order valence-corrected chi connectivity index (χ4v) is 3.14. The topological polar surface area (TPSA) is 3.24 Å². The Labute approximate surface area is 128 Å². The van der Waals surface area contributed by atoms with Crippen molar-refractivity contribution in [3.05, 3.63) is 12.2 Å². The zero-order chi connectivity index (χ0) is 15.7. The standard InChI is InChI=1S/C19H39N/c1-9-18(16(5)6)13-14-19(12-11-15(3)4)17(7)20(8)10-2/h16-19H,3,9-14H2,1-2,4-8H3. The molecular formula is C19H39N. The minimum atomic E-state index is 0.684. The average Bonchev–Trinajstić information content (AvgIpc) is 2.40. The molecule has 0 saturated carbocycles. The molecule has 0 radical (unpaired) electrons. The van der Waals surface area contributed by atoms with E-state index >= 15 is 0 Å². The molecule has 0 bridgehead atoms. The maximum atomic E-state index is 4.08. The molecule has 3 atom stereocenters. The summed E-state index contributed by atoms with van der Waals surface area (Å²) in [5, 5.41) is 0. The van der Waals surface area contributed by atoms with Crippen molar-refractivity contribution < 1.29 is 0 Å². The first-order valence-corrected chi connectivity index (χ1v) is 8.67. The summed E-state index contributed by atoms with van der Waals surface area (Å²) in [7, 11) is 2.26. The van der Waals surface area contributed by atoms with E-state index in [0.29, 0.717) is 6.04 Å². The van der Waals surface area contributed by atoms with E-state index in [4.69, 9.17) is 0 Å². The van der Waals surface area contributed by atoms with E-state index in [1.807, 2.05) is 0 Å². The zero-order valence-corrected chi connectivity index (χ0v) is 15.2. The van der Waals surface area contributed by atoms with E-state index in [0.717, 1.165) is 24.3 Å². The van der Waals surface area contributed by atoms with Gasteiger partial charge in [-0.2, -0.15) is 0 Å². The predicted octanol–water partition coefficient (Wildman–Crippen LogP) is 5.76. The fraction of sp³-hybridized carbons (Fsp3) is 0.895. The molecule has 0 N–H and O–H groups in total. The summed E-state index contributed by atoms with van der Waals surface area (Å²) in [5.41, 5.74) is 1.33. The smallest absolute Gasteiger partial charge is 0.00921 e. The van der Waals surface area contributed by atoms with E-state index in [1.165, 1.54) is 37.7 Å². The molecule has 120 valence electrons. The van der Waals surface area contributed by atoms with Crippen LogP contribution in [0.15, 0.2) is 12.2 Å². The molecule has 0 amide bonds. The van der Waals surface area contributed by atoms with Crippen LogP contribution >= 0.6 is 0 Å². The van der Waals surface area contributed by atoms with Crippen LogP contribution in [-0.2, 0) is 0 Å². The van der Waals surface area contributed by atoms with Crippen LogP contribution in [0, 0.1) is 17.8 Å². The third-order valence-electron chi connectivity index (χ3n) is 5.19. The van der Waals surface area contributed by atoms with Crippen LogP contribution < -0.4 is 0 Å². The van der Waals surface area contributed by atoms with Gasteiger partial charge in [-0.1, -0.05) is 39.7 Å². The monoisotopic (exact) mass is 281 g/mol. The normalized spacial score (nSPS) is 16.4. The molecule has 0 aromatic heterocycles.